The quantitative estimate of drug-likeness (QED) is 0.744. The zero-order valence-corrected chi connectivity index (χ0v) is 13.3. The Morgan fingerprint density at radius 1 is 1.00 bits per heavy atom. The maximum Gasteiger partial charge on any atom is 0.135 e. The molecule has 2 N–H and O–H groups in total. The Bertz CT molecular complexity index is 883. The molecule has 118 valence electrons. The Hall–Kier alpha value is -3.39. The summed E-state index contributed by atoms with van der Waals surface area (Å²) >= 11 is 0. The van der Waals surface area contributed by atoms with Crippen molar-refractivity contribution in [1.82, 2.24) is 9.97 Å². The van der Waals surface area contributed by atoms with E-state index < -0.39 is 0 Å². The first-order valence-corrected chi connectivity index (χ1v) is 7.61. The van der Waals surface area contributed by atoms with Crippen molar-refractivity contribution in [2.75, 3.05) is 10.6 Å². The van der Waals surface area contributed by atoms with Crippen molar-refractivity contribution in [3.05, 3.63) is 77.6 Å². The number of benzene rings is 2. The molecule has 0 saturated carbocycles. The van der Waals surface area contributed by atoms with Gasteiger partial charge < -0.3 is 10.6 Å². The fourth-order valence-electron chi connectivity index (χ4n) is 2.35. The first kappa shape index (κ1) is 15.5. The van der Waals surface area contributed by atoms with Crippen LogP contribution in [-0.4, -0.2) is 9.97 Å². The SMILES string of the molecule is Cc1cccc(CNc2cc(Nc3cccc(C#N)c3)ncn2)c1. The molecule has 0 aliphatic carbocycles. The molecule has 0 spiro atoms. The van der Waals surface area contributed by atoms with Crippen molar-refractivity contribution >= 4 is 17.3 Å². The van der Waals surface area contributed by atoms with Crippen LogP contribution in [0.3, 0.4) is 0 Å². The van der Waals surface area contributed by atoms with Gasteiger partial charge in [0.05, 0.1) is 11.6 Å². The molecule has 0 saturated heterocycles. The van der Waals surface area contributed by atoms with Gasteiger partial charge in [-0.15, -0.1) is 0 Å². The fourth-order valence-corrected chi connectivity index (χ4v) is 2.35. The average Bonchev–Trinajstić information content (AvgIpc) is 2.61. The van der Waals surface area contributed by atoms with Gasteiger partial charge in [0, 0.05) is 18.3 Å². The lowest BCUT2D eigenvalue weighted by Gasteiger charge is -2.09. The van der Waals surface area contributed by atoms with E-state index in [0.29, 0.717) is 17.9 Å². The molecule has 3 rings (SSSR count). The van der Waals surface area contributed by atoms with E-state index in [4.69, 9.17) is 5.26 Å². The van der Waals surface area contributed by atoms with Gasteiger partial charge in [0.15, 0.2) is 0 Å². The molecular formula is C19H17N5. The molecule has 2 aromatic carbocycles. The van der Waals surface area contributed by atoms with Gasteiger partial charge in [-0.05, 0) is 30.7 Å². The number of rotatable bonds is 5. The van der Waals surface area contributed by atoms with Crippen LogP contribution < -0.4 is 10.6 Å². The summed E-state index contributed by atoms with van der Waals surface area (Å²) in [4.78, 5) is 8.45. The summed E-state index contributed by atoms with van der Waals surface area (Å²) in [5, 5.41) is 15.4. The molecule has 0 fully saturated rings. The van der Waals surface area contributed by atoms with Crippen LogP contribution in [-0.2, 0) is 6.54 Å². The van der Waals surface area contributed by atoms with Crippen LogP contribution in [0.1, 0.15) is 16.7 Å². The number of aryl methyl sites for hydroxylation is 1. The summed E-state index contributed by atoms with van der Waals surface area (Å²) in [6, 6.07) is 19.6. The smallest absolute Gasteiger partial charge is 0.135 e. The molecule has 0 aliphatic heterocycles. The molecule has 1 aromatic heterocycles. The van der Waals surface area contributed by atoms with Crippen LogP contribution >= 0.6 is 0 Å². The molecule has 3 aromatic rings. The summed E-state index contributed by atoms with van der Waals surface area (Å²) in [7, 11) is 0. The summed E-state index contributed by atoms with van der Waals surface area (Å²) in [6.07, 6.45) is 1.51. The lowest BCUT2D eigenvalue weighted by molar-refractivity contribution is 1.08. The minimum absolute atomic E-state index is 0.604. The minimum Gasteiger partial charge on any atom is -0.366 e. The first-order chi connectivity index (χ1) is 11.7. The van der Waals surface area contributed by atoms with Crippen LogP contribution in [0.15, 0.2) is 60.9 Å². The zero-order valence-electron chi connectivity index (χ0n) is 13.3. The van der Waals surface area contributed by atoms with Crippen molar-refractivity contribution < 1.29 is 0 Å². The molecule has 24 heavy (non-hydrogen) atoms. The molecule has 0 radical (unpaired) electrons. The average molecular weight is 315 g/mol. The van der Waals surface area contributed by atoms with Crippen LogP contribution in [0, 0.1) is 18.3 Å². The summed E-state index contributed by atoms with van der Waals surface area (Å²) in [6.45, 7) is 2.77. The number of anilines is 3. The molecule has 0 atom stereocenters. The molecule has 5 nitrogen and oxygen atoms in total. The van der Waals surface area contributed by atoms with Gasteiger partial charge in [0.2, 0.25) is 0 Å². The second-order valence-corrected chi connectivity index (χ2v) is 5.45. The third kappa shape index (κ3) is 4.08. The summed E-state index contributed by atoms with van der Waals surface area (Å²) in [5.74, 6) is 1.41. The van der Waals surface area contributed by atoms with Crippen molar-refractivity contribution in [2.45, 2.75) is 13.5 Å². The maximum atomic E-state index is 8.96. The predicted octanol–water partition coefficient (Wildman–Crippen LogP) is 4.01. The topological polar surface area (TPSA) is 73.6 Å². The van der Waals surface area contributed by atoms with Gasteiger partial charge in [-0.25, -0.2) is 9.97 Å². The van der Waals surface area contributed by atoms with E-state index in [2.05, 4.69) is 51.8 Å². The second kappa shape index (κ2) is 7.25. The number of nitrogens with zero attached hydrogens (tertiary/aromatic N) is 3. The van der Waals surface area contributed by atoms with E-state index in [9.17, 15) is 0 Å². The molecule has 0 unspecified atom stereocenters. The number of hydrogen-bond acceptors (Lipinski definition) is 5. The third-order valence-corrected chi connectivity index (χ3v) is 3.49. The van der Waals surface area contributed by atoms with Crippen LogP contribution in [0.5, 0.6) is 0 Å². The lowest BCUT2D eigenvalue weighted by atomic mass is 10.1. The Morgan fingerprint density at radius 2 is 1.83 bits per heavy atom. The van der Waals surface area contributed by atoms with E-state index in [1.165, 1.54) is 17.5 Å². The highest BCUT2D eigenvalue weighted by atomic mass is 15.1. The second-order valence-electron chi connectivity index (χ2n) is 5.45. The Morgan fingerprint density at radius 3 is 2.67 bits per heavy atom. The van der Waals surface area contributed by atoms with Crippen molar-refractivity contribution in [3.63, 3.8) is 0 Å². The first-order valence-electron chi connectivity index (χ1n) is 7.61. The number of hydrogen-bond donors (Lipinski definition) is 2. The van der Waals surface area contributed by atoms with Gasteiger partial charge in [0.1, 0.15) is 18.0 Å². The van der Waals surface area contributed by atoms with Crippen molar-refractivity contribution in [1.29, 1.82) is 5.26 Å². The summed E-state index contributed by atoms with van der Waals surface area (Å²) < 4.78 is 0. The van der Waals surface area contributed by atoms with Crippen LogP contribution in [0.25, 0.3) is 0 Å². The number of nitrogens with one attached hydrogen (secondary N) is 2. The van der Waals surface area contributed by atoms with Crippen LogP contribution in [0.2, 0.25) is 0 Å². The molecule has 0 bridgehead atoms. The lowest BCUT2D eigenvalue weighted by Crippen LogP contribution is -2.03. The van der Waals surface area contributed by atoms with E-state index in [-0.39, 0.29) is 0 Å². The predicted molar refractivity (Wildman–Crippen MR) is 95.0 cm³/mol. The van der Waals surface area contributed by atoms with E-state index in [0.717, 1.165) is 11.5 Å². The monoisotopic (exact) mass is 315 g/mol. The van der Waals surface area contributed by atoms with Crippen LogP contribution in [0.4, 0.5) is 17.3 Å². The van der Waals surface area contributed by atoms with Crippen molar-refractivity contribution in [3.8, 4) is 6.07 Å². The highest BCUT2D eigenvalue weighted by Crippen LogP contribution is 2.17. The highest BCUT2D eigenvalue weighted by Gasteiger charge is 2.01. The van der Waals surface area contributed by atoms with Gasteiger partial charge in [-0.1, -0.05) is 35.9 Å². The largest absolute Gasteiger partial charge is 0.366 e. The normalized spacial score (nSPS) is 10.0. The summed E-state index contributed by atoms with van der Waals surface area (Å²) in [5.41, 5.74) is 3.85. The van der Waals surface area contributed by atoms with E-state index in [1.54, 1.807) is 12.1 Å². The van der Waals surface area contributed by atoms with Gasteiger partial charge in [-0.3, -0.25) is 0 Å². The molecule has 1 heterocycles. The van der Waals surface area contributed by atoms with E-state index in [1.807, 2.05) is 24.3 Å². The zero-order chi connectivity index (χ0) is 16.8. The van der Waals surface area contributed by atoms with Gasteiger partial charge >= 0.3 is 0 Å². The van der Waals surface area contributed by atoms with Gasteiger partial charge in [0.25, 0.3) is 0 Å². The fraction of sp³-hybridized carbons (Fsp3) is 0.105. The van der Waals surface area contributed by atoms with Crippen molar-refractivity contribution in [2.24, 2.45) is 0 Å². The molecule has 5 heteroatoms. The standard InChI is InChI=1S/C19H17N5/c1-14-4-2-6-16(8-14)12-21-18-10-19(23-13-22-18)24-17-7-3-5-15(9-17)11-20/h2-10,13H,12H2,1H3,(H2,21,22,23,24). The number of nitriles is 1. The Balaban J connectivity index is 1.68. The molecular weight excluding hydrogens is 298 g/mol. The third-order valence-electron chi connectivity index (χ3n) is 3.49. The van der Waals surface area contributed by atoms with E-state index >= 15 is 0 Å². The molecule has 0 amide bonds. The maximum absolute atomic E-state index is 8.96. The molecule has 0 aliphatic rings. The number of aromatic nitrogens is 2. The Labute approximate surface area is 141 Å². The highest BCUT2D eigenvalue weighted by molar-refractivity contribution is 5.60. The minimum atomic E-state index is 0.604. The van der Waals surface area contributed by atoms with Gasteiger partial charge in [-0.2, -0.15) is 5.26 Å². The Kier molecular flexibility index (Phi) is 4.68.